The van der Waals surface area contributed by atoms with Gasteiger partial charge in [0.1, 0.15) is 5.75 Å². The van der Waals surface area contributed by atoms with Gasteiger partial charge in [0.2, 0.25) is 0 Å². The van der Waals surface area contributed by atoms with Crippen molar-refractivity contribution in [3.05, 3.63) is 58.9 Å². The monoisotopic (exact) mass is 230 g/mol. The fourth-order valence-electron chi connectivity index (χ4n) is 1.76. The van der Waals surface area contributed by atoms with Gasteiger partial charge in [-0.25, -0.2) is 4.39 Å². The molecule has 0 aliphatic carbocycles. The maximum atomic E-state index is 13.8. The second-order valence-electron chi connectivity index (χ2n) is 4.31. The molecule has 0 saturated heterocycles. The molecule has 0 fully saturated rings. The third-order valence-electron chi connectivity index (χ3n) is 2.61. The van der Waals surface area contributed by atoms with E-state index >= 15 is 0 Å². The summed E-state index contributed by atoms with van der Waals surface area (Å²) in [6, 6.07) is 11.0. The van der Waals surface area contributed by atoms with Crippen LogP contribution in [0.15, 0.2) is 36.4 Å². The summed E-state index contributed by atoms with van der Waals surface area (Å²) >= 11 is 0. The van der Waals surface area contributed by atoms with Crippen molar-refractivity contribution in [3.63, 3.8) is 0 Å². The molecule has 2 aromatic carbocycles. The van der Waals surface area contributed by atoms with E-state index < -0.39 is 0 Å². The van der Waals surface area contributed by atoms with Gasteiger partial charge in [0.25, 0.3) is 0 Å². The molecular weight excluding hydrogens is 215 g/mol. The minimum atomic E-state index is -0.317. The number of hydrogen-bond acceptors (Lipinski definition) is 1. The largest absolute Gasteiger partial charge is 0.454 e. The molecule has 2 aromatic rings. The third-order valence-corrected chi connectivity index (χ3v) is 2.61. The number of rotatable bonds is 2. The Morgan fingerprint density at radius 1 is 0.882 bits per heavy atom. The third kappa shape index (κ3) is 2.64. The minimum Gasteiger partial charge on any atom is -0.454 e. The quantitative estimate of drug-likeness (QED) is 0.735. The topological polar surface area (TPSA) is 9.23 Å². The first-order chi connectivity index (χ1) is 8.06. The first-order valence-corrected chi connectivity index (χ1v) is 5.57. The van der Waals surface area contributed by atoms with Crippen LogP contribution in [0, 0.1) is 26.6 Å². The van der Waals surface area contributed by atoms with Gasteiger partial charge in [-0.2, -0.15) is 0 Å². The summed E-state index contributed by atoms with van der Waals surface area (Å²) in [5, 5.41) is 0. The van der Waals surface area contributed by atoms with Crippen molar-refractivity contribution in [2.45, 2.75) is 20.8 Å². The fraction of sp³-hybridized carbons (Fsp3) is 0.200. The van der Waals surface area contributed by atoms with E-state index in [2.05, 4.69) is 0 Å². The van der Waals surface area contributed by atoms with E-state index in [1.165, 1.54) is 6.07 Å². The van der Waals surface area contributed by atoms with Crippen LogP contribution in [0.1, 0.15) is 16.7 Å². The second kappa shape index (κ2) is 4.58. The maximum Gasteiger partial charge on any atom is 0.166 e. The molecule has 2 rings (SSSR count). The van der Waals surface area contributed by atoms with Crippen molar-refractivity contribution < 1.29 is 9.13 Å². The molecular formula is C15H15FO. The van der Waals surface area contributed by atoms with Gasteiger partial charge in [-0.1, -0.05) is 23.8 Å². The first-order valence-electron chi connectivity index (χ1n) is 5.57. The van der Waals surface area contributed by atoms with Gasteiger partial charge >= 0.3 is 0 Å². The highest BCUT2D eigenvalue weighted by molar-refractivity contribution is 5.41. The molecule has 0 spiro atoms. The predicted molar refractivity (Wildman–Crippen MR) is 67.1 cm³/mol. The highest BCUT2D eigenvalue weighted by Gasteiger charge is 2.09. The van der Waals surface area contributed by atoms with Gasteiger partial charge in [0, 0.05) is 0 Å². The predicted octanol–water partition coefficient (Wildman–Crippen LogP) is 4.54. The Hall–Kier alpha value is -1.83. The van der Waals surface area contributed by atoms with Crippen molar-refractivity contribution in [1.82, 2.24) is 0 Å². The molecule has 2 heteroatoms. The van der Waals surface area contributed by atoms with Crippen LogP contribution in [-0.2, 0) is 0 Å². The Balaban J connectivity index is 2.33. The number of aryl methyl sites for hydroxylation is 3. The molecule has 0 bridgehead atoms. The molecule has 0 amide bonds. The van der Waals surface area contributed by atoms with Crippen LogP contribution in [0.25, 0.3) is 0 Å². The number of benzene rings is 2. The second-order valence-corrected chi connectivity index (χ2v) is 4.31. The lowest BCUT2D eigenvalue weighted by molar-refractivity contribution is 0.438. The van der Waals surface area contributed by atoms with Crippen molar-refractivity contribution in [1.29, 1.82) is 0 Å². The Morgan fingerprint density at radius 3 is 2.12 bits per heavy atom. The van der Waals surface area contributed by atoms with Crippen molar-refractivity contribution >= 4 is 0 Å². The zero-order valence-corrected chi connectivity index (χ0v) is 10.3. The summed E-state index contributed by atoms with van der Waals surface area (Å²) < 4.78 is 19.3. The number of halogens is 1. The van der Waals surface area contributed by atoms with Crippen LogP contribution < -0.4 is 4.74 Å². The zero-order chi connectivity index (χ0) is 12.4. The molecule has 0 unspecified atom stereocenters. The van der Waals surface area contributed by atoms with Gasteiger partial charge in [-0.3, -0.25) is 0 Å². The highest BCUT2D eigenvalue weighted by atomic mass is 19.1. The van der Waals surface area contributed by atoms with E-state index in [9.17, 15) is 4.39 Å². The van der Waals surface area contributed by atoms with Gasteiger partial charge in [-0.05, 0) is 50.1 Å². The maximum absolute atomic E-state index is 13.8. The molecule has 0 N–H and O–H groups in total. The average Bonchev–Trinajstić information content (AvgIpc) is 2.26. The standard InChI is InChI=1S/C15H15FO/c1-10-4-6-13(7-5-10)17-15-12(3)8-11(2)9-14(15)16/h4-9H,1-3H3. The fourth-order valence-corrected chi connectivity index (χ4v) is 1.76. The summed E-state index contributed by atoms with van der Waals surface area (Å²) in [7, 11) is 0. The zero-order valence-electron chi connectivity index (χ0n) is 10.3. The number of hydrogen-bond donors (Lipinski definition) is 0. The Kier molecular flexibility index (Phi) is 3.14. The lowest BCUT2D eigenvalue weighted by Crippen LogP contribution is -1.93. The van der Waals surface area contributed by atoms with Crippen LogP contribution in [0.3, 0.4) is 0 Å². The summed E-state index contributed by atoms with van der Waals surface area (Å²) in [5.74, 6) is 0.643. The minimum absolute atomic E-state index is 0.305. The van der Waals surface area contributed by atoms with E-state index in [4.69, 9.17) is 4.74 Å². The summed E-state index contributed by atoms with van der Waals surface area (Å²) in [5.41, 5.74) is 2.86. The Labute approximate surface area is 101 Å². The van der Waals surface area contributed by atoms with Gasteiger partial charge in [-0.15, -0.1) is 0 Å². The molecule has 0 aliphatic heterocycles. The van der Waals surface area contributed by atoms with Crippen LogP contribution in [0.4, 0.5) is 4.39 Å². The van der Waals surface area contributed by atoms with Crippen LogP contribution in [0.2, 0.25) is 0 Å². The van der Waals surface area contributed by atoms with E-state index in [0.717, 1.165) is 16.7 Å². The summed E-state index contributed by atoms with van der Waals surface area (Å²) in [6.45, 7) is 5.72. The van der Waals surface area contributed by atoms with Crippen molar-refractivity contribution in [2.75, 3.05) is 0 Å². The van der Waals surface area contributed by atoms with Crippen LogP contribution >= 0.6 is 0 Å². The molecule has 17 heavy (non-hydrogen) atoms. The van der Waals surface area contributed by atoms with Crippen LogP contribution in [-0.4, -0.2) is 0 Å². The SMILES string of the molecule is Cc1ccc(Oc2c(C)cc(C)cc2F)cc1. The van der Waals surface area contributed by atoms with Gasteiger partial charge in [0.05, 0.1) is 0 Å². The molecule has 88 valence electrons. The van der Waals surface area contributed by atoms with E-state index in [0.29, 0.717) is 11.5 Å². The lowest BCUT2D eigenvalue weighted by Gasteiger charge is -2.10. The average molecular weight is 230 g/mol. The Bertz CT molecular complexity index is 506. The lowest BCUT2D eigenvalue weighted by atomic mass is 10.1. The van der Waals surface area contributed by atoms with Gasteiger partial charge in [0.15, 0.2) is 11.6 Å². The molecule has 0 radical (unpaired) electrons. The first kappa shape index (κ1) is 11.6. The summed E-state index contributed by atoms with van der Waals surface area (Å²) in [6.07, 6.45) is 0. The van der Waals surface area contributed by atoms with E-state index in [1.807, 2.05) is 51.1 Å². The Morgan fingerprint density at radius 2 is 1.53 bits per heavy atom. The molecule has 0 heterocycles. The van der Waals surface area contributed by atoms with Crippen molar-refractivity contribution in [3.8, 4) is 11.5 Å². The molecule has 0 saturated carbocycles. The molecule has 0 aliphatic rings. The smallest absolute Gasteiger partial charge is 0.166 e. The normalized spacial score (nSPS) is 10.4. The molecule has 0 atom stereocenters. The summed E-state index contributed by atoms with van der Waals surface area (Å²) in [4.78, 5) is 0. The highest BCUT2D eigenvalue weighted by Crippen LogP contribution is 2.29. The molecule has 1 nitrogen and oxygen atoms in total. The molecule has 0 aromatic heterocycles. The van der Waals surface area contributed by atoms with Gasteiger partial charge < -0.3 is 4.74 Å². The van der Waals surface area contributed by atoms with E-state index in [-0.39, 0.29) is 5.82 Å². The van der Waals surface area contributed by atoms with Crippen LogP contribution in [0.5, 0.6) is 11.5 Å². The van der Waals surface area contributed by atoms with E-state index in [1.54, 1.807) is 0 Å². The number of ether oxygens (including phenoxy) is 1. The van der Waals surface area contributed by atoms with Crippen molar-refractivity contribution in [2.24, 2.45) is 0 Å².